The third-order valence-corrected chi connectivity index (χ3v) is 15.6. The van der Waals surface area contributed by atoms with E-state index in [1.807, 2.05) is 0 Å². The summed E-state index contributed by atoms with van der Waals surface area (Å²) in [6.45, 7) is 11.2. The van der Waals surface area contributed by atoms with Crippen molar-refractivity contribution in [3.8, 4) is 0 Å². The molecule has 0 radical (unpaired) electrons. The summed E-state index contributed by atoms with van der Waals surface area (Å²) in [7, 11) is -2.94. The second-order valence-electron chi connectivity index (χ2n) is 17.5. The van der Waals surface area contributed by atoms with E-state index in [1.54, 1.807) is 0 Å². The van der Waals surface area contributed by atoms with Crippen molar-refractivity contribution >= 4 is 25.7 Å². The summed E-state index contributed by atoms with van der Waals surface area (Å²) in [5, 5.41) is 0.323. The van der Waals surface area contributed by atoms with Gasteiger partial charge in [-0.2, -0.15) is 0 Å². The molecule has 1 rings (SSSR count). The average Bonchev–Trinajstić information content (AvgIpc) is 3.22. The van der Waals surface area contributed by atoms with E-state index in [0.29, 0.717) is 56.5 Å². The van der Waals surface area contributed by atoms with Gasteiger partial charge in [-0.15, -0.1) is 0 Å². The molecule has 1 fully saturated rings. The third-order valence-electron chi connectivity index (χ3n) is 11.9. The summed E-state index contributed by atoms with van der Waals surface area (Å²) in [4.78, 5) is 12.7. The number of rotatable bonds is 45. The van der Waals surface area contributed by atoms with Gasteiger partial charge in [0, 0.05) is 38.0 Å². The first-order valence-electron chi connectivity index (χ1n) is 25.7. The molecule has 7 nitrogen and oxygen atoms in total. The maximum Gasteiger partial charge on any atom is 0.518 e. The molecule has 1 saturated heterocycles. The van der Waals surface area contributed by atoms with Crippen LogP contribution in [-0.2, 0) is 27.6 Å². The van der Waals surface area contributed by atoms with Crippen LogP contribution >= 0.6 is 11.8 Å². The van der Waals surface area contributed by atoms with Crippen LogP contribution in [0.5, 0.6) is 0 Å². The molecule has 0 saturated carbocycles. The van der Waals surface area contributed by atoms with E-state index in [9.17, 15) is 4.79 Å². The molecule has 0 spiro atoms. The molecular formula is C49H99NO6SSi. The maximum atomic E-state index is 12.7. The number of carbonyl (C=O) groups excluding carboxylic acids is 1. The quantitative estimate of drug-likeness (QED) is 0.0479. The van der Waals surface area contributed by atoms with Crippen LogP contribution in [0.25, 0.3) is 0 Å². The molecule has 1 N–H and O–H groups in total. The van der Waals surface area contributed by atoms with Crippen molar-refractivity contribution < 1.29 is 27.6 Å². The molecule has 58 heavy (non-hydrogen) atoms. The molecule has 0 aliphatic carbocycles. The first-order chi connectivity index (χ1) is 28.7. The first-order valence-corrected chi connectivity index (χ1v) is 28.6. The molecule has 0 aromatic heterocycles. The van der Waals surface area contributed by atoms with E-state index in [-0.39, 0.29) is 0 Å². The molecule has 346 valence electrons. The SMILES string of the molecule is CCCCCCCCCCCCCCCCCCC1CCO[Si](CCCSC(=O)CCCCCCCCCCCCCCC)(OCCOCCOCCCC)ONC1. The minimum atomic E-state index is -2.94. The molecule has 0 aromatic carbocycles. The van der Waals surface area contributed by atoms with Crippen LogP contribution in [0.15, 0.2) is 0 Å². The van der Waals surface area contributed by atoms with Gasteiger partial charge in [0.25, 0.3) is 0 Å². The number of nitrogens with one attached hydrogen (secondary N) is 1. The lowest BCUT2D eigenvalue weighted by Gasteiger charge is -2.33. The zero-order chi connectivity index (χ0) is 41.7. The molecule has 1 aliphatic heterocycles. The van der Waals surface area contributed by atoms with Crippen molar-refractivity contribution in [2.24, 2.45) is 5.92 Å². The van der Waals surface area contributed by atoms with Crippen LogP contribution in [0.2, 0.25) is 6.04 Å². The van der Waals surface area contributed by atoms with Gasteiger partial charge in [-0.3, -0.25) is 9.32 Å². The molecule has 1 aliphatic rings. The number of hydroxylamine groups is 1. The lowest BCUT2D eigenvalue weighted by molar-refractivity contribution is -0.111. The van der Waals surface area contributed by atoms with Crippen LogP contribution < -0.4 is 5.48 Å². The number of unbranched alkanes of at least 4 members (excludes halogenated alkanes) is 28. The van der Waals surface area contributed by atoms with Crippen molar-refractivity contribution in [1.29, 1.82) is 0 Å². The molecular weight excluding hydrogens is 759 g/mol. The maximum absolute atomic E-state index is 12.7. The molecule has 9 heteroatoms. The topological polar surface area (TPSA) is 75.3 Å². The highest BCUT2D eigenvalue weighted by Gasteiger charge is 2.43. The summed E-state index contributed by atoms with van der Waals surface area (Å²) < 4.78 is 30.7. The summed E-state index contributed by atoms with van der Waals surface area (Å²) >= 11 is 1.48. The zero-order valence-corrected chi connectivity index (χ0v) is 40.9. The van der Waals surface area contributed by atoms with Gasteiger partial charge >= 0.3 is 8.80 Å². The van der Waals surface area contributed by atoms with Crippen LogP contribution in [0.4, 0.5) is 0 Å². The Balaban J connectivity index is 2.24. The minimum Gasteiger partial charge on any atom is -0.379 e. The van der Waals surface area contributed by atoms with Crippen LogP contribution in [-0.4, -0.2) is 65.9 Å². The summed E-state index contributed by atoms with van der Waals surface area (Å²) in [6.07, 6.45) is 45.8. The predicted octanol–water partition coefficient (Wildman–Crippen LogP) is 15.1. The number of hydrogen-bond donors (Lipinski definition) is 1. The Kier molecular flexibility index (Phi) is 43.5. The fourth-order valence-electron chi connectivity index (χ4n) is 7.93. The monoisotopic (exact) mass is 858 g/mol. The second kappa shape index (κ2) is 45.0. The Bertz CT molecular complexity index is 831. The fourth-order valence-corrected chi connectivity index (χ4v) is 11.3. The normalized spacial score (nSPS) is 17.5. The molecule has 2 atom stereocenters. The van der Waals surface area contributed by atoms with E-state index in [0.717, 1.165) is 51.0 Å². The Morgan fingerprint density at radius 1 is 0.552 bits per heavy atom. The van der Waals surface area contributed by atoms with Gasteiger partial charge in [0.2, 0.25) is 0 Å². The second-order valence-corrected chi connectivity index (χ2v) is 21.3. The van der Waals surface area contributed by atoms with Crippen LogP contribution in [0.3, 0.4) is 0 Å². The average molecular weight is 858 g/mol. The minimum absolute atomic E-state index is 0.323. The molecule has 2 unspecified atom stereocenters. The highest BCUT2D eigenvalue weighted by Crippen LogP contribution is 2.25. The summed E-state index contributed by atoms with van der Waals surface area (Å²) in [6, 6.07) is 0.711. The van der Waals surface area contributed by atoms with Gasteiger partial charge < -0.3 is 18.3 Å². The molecule has 0 amide bonds. The van der Waals surface area contributed by atoms with Crippen molar-refractivity contribution in [3.05, 3.63) is 0 Å². The largest absolute Gasteiger partial charge is 0.518 e. The Morgan fingerprint density at radius 2 is 1.00 bits per heavy atom. The van der Waals surface area contributed by atoms with Crippen molar-refractivity contribution in [2.75, 3.05) is 51.9 Å². The first kappa shape index (κ1) is 56.0. The Hall–Kier alpha value is -0.00312. The van der Waals surface area contributed by atoms with Crippen molar-refractivity contribution in [2.45, 2.75) is 252 Å². The van der Waals surface area contributed by atoms with E-state index in [4.69, 9.17) is 22.9 Å². The fraction of sp³-hybridized carbons (Fsp3) is 0.980. The molecule has 0 aromatic rings. The van der Waals surface area contributed by atoms with Crippen molar-refractivity contribution in [3.63, 3.8) is 0 Å². The Morgan fingerprint density at radius 3 is 1.52 bits per heavy atom. The van der Waals surface area contributed by atoms with Gasteiger partial charge in [-0.1, -0.05) is 219 Å². The Labute approximate surface area is 366 Å². The highest BCUT2D eigenvalue weighted by atomic mass is 32.2. The molecule has 0 bridgehead atoms. The van der Waals surface area contributed by atoms with Crippen LogP contribution in [0, 0.1) is 5.92 Å². The third kappa shape index (κ3) is 37.7. The lowest BCUT2D eigenvalue weighted by Crippen LogP contribution is -2.52. The summed E-state index contributed by atoms with van der Waals surface area (Å²) in [5.74, 6) is 1.35. The van der Waals surface area contributed by atoms with E-state index in [2.05, 4.69) is 26.3 Å². The number of hydrogen-bond acceptors (Lipinski definition) is 8. The van der Waals surface area contributed by atoms with E-state index in [1.165, 1.54) is 198 Å². The smallest absolute Gasteiger partial charge is 0.379 e. The zero-order valence-electron chi connectivity index (χ0n) is 39.0. The van der Waals surface area contributed by atoms with Gasteiger partial charge in [0.1, 0.15) is 0 Å². The van der Waals surface area contributed by atoms with Gasteiger partial charge in [0.05, 0.1) is 26.4 Å². The van der Waals surface area contributed by atoms with Crippen molar-refractivity contribution in [1.82, 2.24) is 5.48 Å². The number of thioether (sulfide) groups is 1. The lowest BCUT2D eigenvalue weighted by atomic mass is 9.97. The predicted molar refractivity (Wildman–Crippen MR) is 253 cm³/mol. The van der Waals surface area contributed by atoms with Gasteiger partial charge in [0.15, 0.2) is 5.12 Å². The standard InChI is InChI=1S/C49H99NO6SSi/c1-4-7-10-12-14-16-18-20-21-22-24-25-27-29-31-33-36-48-38-40-54-58(56-50-47-48,55-44-43-53-42-41-52-39-9-6-3)46-35-45-57-49(51)37-34-32-30-28-26-23-19-17-15-13-11-8-5-2/h48,50H,4-47H2,1-3H3. The van der Waals surface area contributed by atoms with E-state index < -0.39 is 8.80 Å². The summed E-state index contributed by atoms with van der Waals surface area (Å²) in [5.41, 5.74) is 3.31. The molecule has 1 heterocycles. The van der Waals surface area contributed by atoms with Gasteiger partial charge in [-0.25, -0.2) is 5.48 Å². The van der Waals surface area contributed by atoms with Crippen LogP contribution in [0.1, 0.15) is 245 Å². The van der Waals surface area contributed by atoms with E-state index >= 15 is 0 Å². The highest BCUT2D eigenvalue weighted by molar-refractivity contribution is 8.13. The number of carbonyl (C=O) groups is 1. The number of ether oxygens (including phenoxy) is 2. The van der Waals surface area contributed by atoms with Gasteiger partial charge in [-0.05, 0) is 38.0 Å².